The first kappa shape index (κ1) is 60.3. The van der Waals surface area contributed by atoms with Crippen molar-refractivity contribution in [2.45, 2.75) is 239 Å². The molecule has 0 heterocycles. The Kier molecular flexibility index (Phi) is 49.0. The highest BCUT2D eigenvalue weighted by Crippen LogP contribution is 2.13. The first-order valence-corrected chi connectivity index (χ1v) is 26.2. The molecule has 0 saturated heterocycles. The van der Waals surface area contributed by atoms with Crippen molar-refractivity contribution in [1.29, 1.82) is 0 Å². The fourth-order valence-electron chi connectivity index (χ4n) is 6.89. The van der Waals surface area contributed by atoms with Gasteiger partial charge in [0.05, 0.1) is 0 Å². The van der Waals surface area contributed by atoms with Crippen molar-refractivity contribution in [3.05, 3.63) is 97.2 Å². The summed E-state index contributed by atoms with van der Waals surface area (Å²) >= 11 is 0. The molecule has 0 bridgehead atoms. The second kappa shape index (κ2) is 52.0. The molecule has 0 aliphatic carbocycles. The van der Waals surface area contributed by atoms with E-state index < -0.39 is 6.10 Å². The summed E-state index contributed by atoms with van der Waals surface area (Å²) in [5.41, 5.74) is 0. The van der Waals surface area contributed by atoms with Crippen LogP contribution in [-0.4, -0.2) is 37.2 Å². The lowest BCUT2D eigenvalue weighted by atomic mass is 10.1. The Morgan fingerprint density at radius 2 is 0.609 bits per heavy atom. The van der Waals surface area contributed by atoms with Crippen molar-refractivity contribution < 1.29 is 28.6 Å². The monoisotopic (exact) mass is 889 g/mol. The molecule has 0 aliphatic heterocycles. The zero-order valence-corrected chi connectivity index (χ0v) is 41.5. The molecular weight excluding hydrogens is 793 g/mol. The van der Waals surface area contributed by atoms with E-state index in [4.69, 9.17) is 14.2 Å². The van der Waals surface area contributed by atoms with E-state index in [1.807, 2.05) is 0 Å². The smallest absolute Gasteiger partial charge is 0.306 e. The minimum atomic E-state index is -0.801. The number of rotatable bonds is 46. The van der Waals surface area contributed by atoms with E-state index >= 15 is 0 Å². The van der Waals surface area contributed by atoms with Crippen LogP contribution in [0.15, 0.2) is 97.2 Å². The molecule has 0 radical (unpaired) electrons. The lowest BCUT2D eigenvalue weighted by Gasteiger charge is -2.18. The summed E-state index contributed by atoms with van der Waals surface area (Å²) in [4.78, 5) is 37.9. The topological polar surface area (TPSA) is 78.9 Å². The number of unbranched alkanes of at least 4 members (excludes halogenated alkanes) is 19. The number of allylic oxidation sites excluding steroid dienone is 16. The molecule has 0 amide bonds. The Balaban J connectivity index is 4.45. The zero-order valence-electron chi connectivity index (χ0n) is 41.5. The number of ether oxygens (including phenoxy) is 3. The van der Waals surface area contributed by atoms with Crippen LogP contribution in [-0.2, 0) is 28.6 Å². The lowest BCUT2D eigenvalue weighted by Crippen LogP contribution is -2.30. The van der Waals surface area contributed by atoms with Gasteiger partial charge in [0.25, 0.3) is 0 Å². The van der Waals surface area contributed by atoms with Crippen molar-refractivity contribution in [1.82, 2.24) is 0 Å². The summed E-state index contributed by atoms with van der Waals surface area (Å²) in [6.07, 6.45) is 68.2. The van der Waals surface area contributed by atoms with Crippen molar-refractivity contribution in [3.63, 3.8) is 0 Å². The number of carbonyl (C=O) groups excluding carboxylic acids is 3. The molecule has 0 aliphatic rings. The lowest BCUT2D eigenvalue weighted by molar-refractivity contribution is -0.167. The summed E-state index contributed by atoms with van der Waals surface area (Å²) < 4.78 is 16.7. The molecule has 1 unspecified atom stereocenters. The standard InChI is InChI=1S/C58H96O6/c1-4-7-10-13-16-19-22-24-26-27-28-29-30-31-33-34-36-39-42-45-48-51-57(60)63-54-55(53-62-56(59)50-47-44-41-38-21-18-15-12-9-6-3)64-58(61)52-49-46-43-40-37-35-32-25-23-20-17-14-11-8-5-2/h7,10,16-17,19-20,24-26,28-29,31-33,36,39,55H,4-6,8-9,11-15,18,21-23,27,30,34-35,37-38,40-54H2,1-3H3/b10-7-,19-16-,20-17-,26-24-,29-28-,32-25-,33-31-,39-36-. The molecular formula is C58H96O6. The minimum Gasteiger partial charge on any atom is -0.462 e. The maximum atomic E-state index is 12.8. The minimum absolute atomic E-state index is 0.0968. The largest absolute Gasteiger partial charge is 0.462 e. The number of hydrogen-bond acceptors (Lipinski definition) is 6. The highest BCUT2D eigenvalue weighted by atomic mass is 16.6. The summed E-state index contributed by atoms with van der Waals surface area (Å²) in [6.45, 7) is 6.43. The summed E-state index contributed by atoms with van der Waals surface area (Å²) in [7, 11) is 0. The average molecular weight is 889 g/mol. The van der Waals surface area contributed by atoms with Crippen molar-refractivity contribution in [2.24, 2.45) is 0 Å². The number of hydrogen-bond donors (Lipinski definition) is 0. The molecule has 0 aromatic rings. The molecule has 0 saturated carbocycles. The van der Waals surface area contributed by atoms with Crippen LogP contribution < -0.4 is 0 Å². The molecule has 6 nitrogen and oxygen atoms in total. The molecule has 0 aromatic carbocycles. The fraction of sp³-hybridized carbons (Fsp3) is 0.672. The van der Waals surface area contributed by atoms with E-state index in [0.29, 0.717) is 19.3 Å². The SMILES string of the molecule is CC/C=C\C/C=C\C/C=C\C/C=C\C/C=C\C/C=C\CCCCC(=O)OCC(COC(=O)CCCCCCCCCCCC)OC(=O)CCCCCCC/C=C\C/C=C\CCCCC. The van der Waals surface area contributed by atoms with Gasteiger partial charge < -0.3 is 14.2 Å². The maximum absolute atomic E-state index is 12.8. The Morgan fingerprint density at radius 1 is 0.328 bits per heavy atom. The first-order valence-electron chi connectivity index (χ1n) is 26.2. The van der Waals surface area contributed by atoms with Crippen molar-refractivity contribution >= 4 is 17.9 Å². The Hall–Kier alpha value is -3.67. The van der Waals surface area contributed by atoms with Gasteiger partial charge in [-0.3, -0.25) is 14.4 Å². The molecule has 0 fully saturated rings. The number of esters is 3. The maximum Gasteiger partial charge on any atom is 0.306 e. The van der Waals surface area contributed by atoms with Crippen LogP contribution in [0, 0.1) is 0 Å². The quantitative estimate of drug-likeness (QED) is 0.0262. The third kappa shape index (κ3) is 49.3. The van der Waals surface area contributed by atoms with Gasteiger partial charge in [-0.05, 0) is 103 Å². The Morgan fingerprint density at radius 3 is 1.02 bits per heavy atom. The van der Waals surface area contributed by atoms with E-state index in [-0.39, 0.29) is 31.1 Å². The van der Waals surface area contributed by atoms with Gasteiger partial charge >= 0.3 is 17.9 Å². The van der Waals surface area contributed by atoms with E-state index in [1.165, 1.54) is 70.6 Å². The van der Waals surface area contributed by atoms with E-state index in [2.05, 4.69) is 118 Å². The van der Waals surface area contributed by atoms with Gasteiger partial charge in [0.15, 0.2) is 6.10 Å². The zero-order chi connectivity index (χ0) is 46.5. The van der Waals surface area contributed by atoms with Gasteiger partial charge in [0.1, 0.15) is 13.2 Å². The van der Waals surface area contributed by atoms with Gasteiger partial charge in [-0.25, -0.2) is 0 Å². The second-order valence-electron chi connectivity index (χ2n) is 17.1. The van der Waals surface area contributed by atoms with Crippen LogP contribution >= 0.6 is 0 Å². The molecule has 1 atom stereocenters. The molecule has 0 spiro atoms. The molecule has 364 valence electrons. The van der Waals surface area contributed by atoms with Gasteiger partial charge in [0, 0.05) is 19.3 Å². The fourth-order valence-corrected chi connectivity index (χ4v) is 6.89. The third-order valence-corrected chi connectivity index (χ3v) is 10.8. The summed E-state index contributed by atoms with van der Waals surface area (Å²) in [6, 6.07) is 0. The second-order valence-corrected chi connectivity index (χ2v) is 17.1. The highest BCUT2D eigenvalue weighted by Gasteiger charge is 2.19. The highest BCUT2D eigenvalue weighted by molar-refractivity contribution is 5.71. The van der Waals surface area contributed by atoms with Crippen molar-refractivity contribution in [2.75, 3.05) is 13.2 Å². The van der Waals surface area contributed by atoms with Gasteiger partial charge in [-0.15, -0.1) is 0 Å². The van der Waals surface area contributed by atoms with E-state index in [1.54, 1.807) is 0 Å². The van der Waals surface area contributed by atoms with Crippen LogP contribution in [0.4, 0.5) is 0 Å². The average Bonchev–Trinajstić information content (AvgIpc) is 3.29. The van der Waals surface area contributed by atoms with Crippen LogP contribution in [0.3, 0.4) is 0 Å². The predicted molar refractivity (Wildman–Crippen MR) is 274 cm³/mol. The van der Waals surface area contributed by atoms with E-state index in [0.717, 1.165) is 122 Å². The van der Waals surface area contributed by atoms with Crippen LogP contribution in [0.5, 0.6) is 0 Å². The van der Waals surface area contributed by atoms with Crippen LogP contribution in [0.1, 0.15) is 233 Å². The van der Waals surface area contributed by atoms with Gasteiger partial charge in [-0.2, -0.15) is 0 Å². The van der Waals surface area contributed by atoms with Crippen LogP contribution in [0.2, 0.25) is 0 Å². The first-order chi connectivity index (χ1) is 31.5. The van der Waals surface area contributed by atoms with E-state index in [9.17, 15) is 14.4 Å². The number of carbonyl (C=O) groups is 3. The van der Waals surface area contributed by atoms with Gasteiger partial charge in [-0.1, -0.05) is 208 Å². The summed E-state index contributed by atoms with van der Waals surface area (Å²) in [5, 5.41) is 0. The van der Waals surface area contributed by atoms with Crippen LogP contribution in [0.25, 0.3) is 0 Å². The predicted octanol–water partition coefficient (Wildman–Crippen LogP) is 17.4. The van der Waals surface area contributed by atoms with Crippen molar-refractivity contribution in [3.8, 4) is 0 Å². The third-order valence-electron chi connectivity index (χ3n) is 10.8. The molecule has 64 heavy (non-hydrogen) atoms. The molecule has 0 N–H and O–H groups in total. The Bertz CT molecular complexity index is 1300. The Labute approximate surface area is 394 Å². The van der Waals surface area contributed by atoms with Gasteiger partial charge in [0.2, 0.25) is 0 Å². The summed E-state index contributed by atoms with van der Waals surface area (Å²) in [5.74, 6) is -0.960. The molecule has 0 aromatic heterocycles. The normalized spacial score (nSPS) is 12.9. The molecule has 6 heteroatoms. The molecule has 0 rings (SSSR count).